The number of hydrogen-bond acceptors (Lipinski definition) is 4. The van der Waals surface area contributed by atoms with Crippen molar-refractivity contribution in [3.8, 4) is 0 Å². The molecule has 0 aliphatic heterocycles. The lowest BCUT2D eigenvalue weighted by atomic mass is 9.83. The molecule has 1 aliphatic rings. The van der Waals surface area contributed by atoms with Crippen molar-refractivity contribution < 1.29 is 24.3 Å². The number of amides is 2. The van der Waals surface area contributed by atoms with Crippen molar-refractivity contribution in [3.05, 3.63) is 101 Å². The first-order valence-electron chi connectivity index (χ1n) is 9.61. The summed E-state index contributed by atoms with van der Waals surface area (Å²) in [6.07, 6.45) is 0.0985. The molecular formula is C24H18N2O5. The predicted molar refractivity (Wildman–Crippen MR) is 113 cm³/mol. The van der Waals surface area contributed by atoms with E-state index in [9.17, 15) is 24.3 Å². The molecule has 0 spiro atoms. The summed E-state index contributed by atoms with van der Waals surface area (Å²) in [5.41, 5.74) is 1.77. The lowest BCUT2D eigenvalue weighted by molar-refractivity contribution is -0.139. The predicted octanol–water partition coefficient (Wildman–Crippen LogP) is 3.28. The molecule has 0 saturated carbocycles. The molecule has 0 radical (unpaired) electrons. The Morgan fingerprint density at radius 1 is 0.774 bits per heavy atom. The first-order chi connectivity index (χ1) is 15.0. The molecule has 7 heteroatoms. The van der Waals surface area contributed by atoms with Crippen LogP contribution in [0.1, 0.15) is 37.4 Å². The summed E-state index contributed by atoms with van der Waals surface area (Å²) in [6, 6.07) is 18.1. The third kappa shape index (κ3) is 3.93. The first kappa shape index (κ1) is 20.0. The fourth-order valence-electron chi connectivity index (χ4n) is 3.62. The van der Waals surface area contributed by atoms with Gasteiger partial charge in [-0.05, 0) is 11.6 Å². The van der Waals surface area contributed by atoms with Crippen molar-refractivity contribution >= 4 is 29.3 Å². The van der Waals surface area contributed by atoms with Gasteiger partial charge in [0.1, 0.15) is 6.04 Å². The number of rotatable bonds is 5. The number of urea groups is 1. The molecule has 0 fully saturated rings. The van der Waals surface area contributed by atoms with Crippen LogP contribution < -0.4 is 10.6 Å². The van der Waals surface area contributed by atoms with Gasteiger partial charge in [-0.25, -0.2) is 9.59 Å². The van der Waals surface area contributed by atoms with Crippen LogP contribution in [0.15, 0.2) is 72.8 Å². The Hall–Kier alpha value is -4.26. The lowest BCUT2D eigenvalue weighted by Gasteiger charge is -2.21. The fourth-order valence-corrected chi connectivity index (χ4v) is 3.62. The van der Waals surface area contributed by atoms with Crippen LogP contribution in [0.5, 0.6) is 0 Å². The maximum absolute atomic E-state index is 13.0. The average Bonchev–Trinajstić information content (AvgIpc) is 2.77. The minimum atomic E-state index is -1.19. The monoisotopic (exact) mass is 414 g/mol. The molecular weight excluding hydrogens is 396 g/mol. The molecule has 1 atom stereocenters. The van der Waals surface area contributed by atoms with E-state index in [0.717, 1.165) is 5.56 Å². The number of carbonyl (C=O) groups excluding carboxylic acids is 3. The lowest BCUT2D eigenvalue weighted by Crippen LogP contribution is -2.44. The van der Waals surface area contributed by atoms with E-state index < -0.39 is 18.0 Å². The molecule has 3 N–H and O–H groups in total. The number of carboxylic acid groups (broad SMARTS) is 1. The Morgan fingerprint density at radius 3 is 2.06 bits per heavy atom. The van der Waals surface area contributed by atoms with Gasteiger partial charge in [-0.3, -0.25) is 9.59 Å². The zero-order valence-electron chi connectivity index (χ0n) is 16.3. The van der Waals surface area contributed by atoms with Crippen LogP contribution in [-0.4, -0.2) is 34.7 Å². The number of fused-ring (bicyclic) bond motifs is 2. The van der Waals surface area contributed by atoms with Gasteiger partial charge in [-0.1, -0.05) is 66.7 Å². The second kappa shape index (κ2) is 8.23. The summed E-state index contributed by atoms with van der Waals surface area (Å²) in [7, 11) is 0. The van der Waals surface area contributed by atoms with E-state index in [1.807, 2.05) is 6.07 Å². The number of carbonyl (C=O) groups is 4. The summed E-state index contributed by atoms with van der Waals surface area (Å²) in [5, 5.41) is 14.4. The van der Waals surface area contributed by atoms with Gasteiger partial charge in [-0.15, -0.1) is 0 Å². The van der Waals surface area contributed by atoms with Crippen molar-refractivity contribution in [3.63, 3.8) is 0 Å². The van der Waals surface area contributed by atoms with Crippen molar-refractivity contribution in [2.75, 3.05) is 5.32 Å². The molecule has 0 heterocycles. The molecule has 3 aromatic rings. The standard InChI is InChI=1S/C24H18N2O5/c27-21-15-9-4-5-10-16(15)22(28)20-17(21)11-6-12-18(20)25-24(31)26-19(23(29)30)13-14-7-2-1-3-8-14/h1-12,19H,13H2,(H,29,30)(H2,25,26,31). The molecule has 0 saturated heterocycles. The average molecular weight is 414 g/mol. The first-order valence-corrected chi connectivity index (χ1v) is 9.61. The van der Waals surface area contributed by atoms with Gasteiger partial charge in [0.2, 0.25) is 0 Å². The summed E-state index contributed by atoms with van der Waals surface area (Å²) >= 11 is 0. The summed E-state index contributed by atoms with van der Waals surface area (Å²) in [4.78, 5) is 50.0. The molecule has 31 heavy (non-hydrogen) atoms. The SMILES string of the molecule is O=C(Nc1cccc2c1C(=O)c1ccccc1C2=O)NC(Cc1ccccc1)C(=O)O. The minimum absolute atomic E-state index is 0.0938. The molecule has 0 bridgehead atoms. The van der Waals surface area contributed by atoms with E-state index in [1.54, 1.807) is 54.6 Å². The van der Waals surface area contributed by atoms with Crippen LogP contribution in [0.4, 0.5) is 10.5 Å². The largest absolute Gasteiger partial charge is 0.480 e. The van der Waals surface area contributed by atoms with E-state index in [2.05, 4.69) is 10.6 Å². The van der Waals surface area contributed by atoms with E-state index in [1.165, 1.54) is 12.1 Å². The van der Waals surface area contributed by atoms with Gasteiger partial charge in [0.25, 0.3) is 0 Å². The molecule has 0 aromatic heterocycles. The van der Waals surface area contributed by atoms with Crippen LogP contribution in [0.2, 0.25) is 0 Å². The number of anilines is 1. The van der Waals surface area contributed by atoms with Crippen molar-refractivity contribution in [2.45, 2.75) is 12.5 Å². The molecule has 7 nitrogen and oxygen atoms in total. The normalized spacial score (nSPS) is 13.0. The van der Waals surface area contributed by atoms with Gasteiger partial charge in [0.15, 0.2) is 11.6 Å². The van der Waals surface area contributed by atoms with Gasteiger partial charge in [0.05, 0.1) is 11.3 Å². The van der Waals surface area contributed by atoms with Crippen LogP contribution in [0.3, 0.4) is 0 Å². The van der Waals surface area contributed by atoms with E-state index in [-0.39, 0.29) is 40.4 Å². The zero-order chi connectivity index (χ0) is 22.0. The van der Waals surface area contributed by atoms with Crippen LogP contribution in [0, 0.1) is 0 Å². The maximum atomic E-state index is 13.0. The molecule has 1 unspecified atom stereocenters. The van der Waals surface area contributed by atoms with Gasteiger partial charge in [0, 0.05) is 23.1 Å². The summed E-state index contributed by atoms with van der Waals surface area (Å²) < 4.78 is 0. The van der Waals surface area contributed by atoms with Gasteiger partial charge < -0.3 is 15.7 Å². The molecule has 3 aromatic carbocycles. The highest BCUT2D eigenvalue weighted by molar-refractivity contribution is 6.30. The van der Waals surface area contributed by atoms with E-state index >= 15 is 0 Å². The molecule has 2 amide bonds. The van der Waals surface area contributed by atoms with E-state index in [4.69, 9.17) is 0 Å². The highest BCUT2D eigenvalue weighted by Crippen LogP contribution is 2.31. The highest BCUT2D eigenvalue weighted by Gasteiger charge is 2.32. The molecule has 4 rings (SSSR count). The maximum Gasteiger partial charge on any atom is 0.326 e. The zero-order valence-corrected chi connectivity index (χ0v) is 16.3. The Labute approximate surface area is 177 Å². The second-order valence-corrected chi connectivity index (χ2v) is 7.11. The summed E-state index contributed by atoms with van der Waals surface area (Å²) in [5.74, 6) is -1.86. The van der Waals surface area contributed by atoms with Crippen LogP contribution >= 0.6 is 0 Å². The Balaban J connectivity index is 1.57. The fraction of sp³-hybridized carbons (Fsp3) is 0.0833. The Bertz CT molecular complexity index is 1200. The summed E-state index contributed by atoms with van der Waals surface area (Å²) in [6.45, 7) is 0. The van der Waals surface area contributed by atoms with Crippen LogP contribution in [-0.2, 0) is 11.2 Å². The molecule has 154 valence electrons. The molecule has 1 aliphatic carbocycles. The topological polar surface area (TPSA) is 113 Å². The third-order valence-electron chi connectivity index (χ3n) is 5.09. The van der Waals surface area contributed by atoms with Crippen LogP contribution in [0.25, 0.3) is 0 Å². The quantitative estimate of drug-likeness (QED) is 0.464. The smallest absolute Gasteiger partial charge is 0.326 e. The third-order valence-corrected chi connectivity index (χ3v) is 5.09. The number of ketones is 2. The second-order valence-electron chi connectivity index (χ2n) is 7.11. The number of benzene rings is 3. The Morgan fingerprint density at radius 2 is 1.39 bits per heavy atom. The van der Waals surface area contributed by atoms with Crippen molar-refractivity contribution in [2.24, 2.45) is 0 Å². The minimum Gasteiger partial charge on any atom is -0.480 e. The number of hydrogen-bond donors (Lipinski definition) is 3. The van der Waals surface area contributed by atoms with E-state index in [0.29, 0.717) is 5.56 Å². The number of nitrogens with one attached hydrogen (secondary N) is 2. The number of aliphatic carboxylic acids is 1. The van der Waals surface area contributed by atoms with Crippen molar-refractivity contribution in [1.82, 2.24) is 5.32 Å². The highest BCUT2D eigenvalue weighted by atomic mass is 16.4. The Kier molecular flexibility index (Phi) is 5.32. The van der Waals surface area contributed by atoms with Crippen molar-refractivity contribution in [1.29, 1.82) is 0 Å². The van der Waals surface area contributed by atoms with Gasteiger partial charge in [-0.2, -0.15) is 0 Å². The van der Waals surface area contributed by atoms with Gasteiger partial charge >= 0.3 is 12.0 Å². The number of carboxylic acids is 1.